The van der Waals surface area contributed by atoms with Gasteiger partial charge in [0.05, 0.1) is 18.8 Å². The van der Waals surface area contributed by atoms with Gasteiger partial charge in [0, 0.05) is 24.7 Å². The molecule has 1 rings (SSSR count). The molecule has 1 atom stereocenters. The molecule has 0 saturated heterocycles. The first-order valence-electron chi connectivity index (χ1n) is 6.10. The van der Waals surface area contributed by atoms with Crippen molar-refractivity contribution < 1.29 is 9.84 Å². The van der Waals surface area contributed by atoms with Crippen molar-refractivity contribution in [2.75, 3.05) is 31.8 Å². The normalized spacial score (nSPS) is 20.1. The van der Waals surface area contributed by atoms with Gasteiger partial charge in [0.1, 0.15) is 0 Å². The Hall–Kier alpha value is 0.230. The zero-order valence-electron chi connectivity index (χ0n) is 10.7. The van der Waals surface area contributed by atoms with Gasteiger partial charge in [0.15, 0.2) is 0 Å². The van der Waals surface area contributed by atoms with Crippen LogP contribution in [0.15, 0.2) is 0 Å². The summed E-state index contributed by atoms with van der Waals surface area (Å²) in [6, 6.07) is 0.427. The van der Waals surface area contributed by atoms with E-state index >= 15 is 0 Å². The first kappa shape index (κ1) is 14.3. The van der Waals surface area contributed by atoms with E-state index in [1.165, 1.54) is 12.8 Å². The summed E-state index contributed by atoms with van der Waals surface area (Å²) in [5.74, 6) is 2.65. The maximum Gasteiger partial charge on any atom is 0.0624 e. The molecule has 1 unspecified atom stereocenters. The molecule has 0 aromatic carbocycles. The van der Waals surface area contributed by atoms with Crippen molar-refractivity contribution >= 4 is 11.8 Å². The largest absolute Gasteiger partial charge is 0.394 e. The fourth-order valence-corrected chi connectivity index (χ4v) is 3.31. The molecule has 0 aliphatic heterocycles. The van der Waals surface area contributed by atoms with Crippen LogP contribution in [0.25, 0.3) is 0 Å². The molecule has 0 aromatic heterocycles. The summed E-state index contributed by atoms with van der Waals surface area (Å²) in [5, 5.41) is 13.3. The fraction of sp³-hybridized carbons (Fsp3) is 1.00. The maximum atomic E-state index is 9.69. The topological polar surface area (TPSA) is 41.5 Å². The van der Waals surface area contributed by atoms with Crippen LogP contribution in [0, 0.1) is 5.92 Å². The second-order valence-corrected chi connectivity index (χ2v) is 6.04. The van der Waals surface area contributed by atoms with Crippen LogP contribution in [0.3, 0.4) is 0 Å². The molecule has 0 radical (unpaired) electrons. The Morgan fingerprint density at radius 1 is 1.50 bits per heavy atom. The number of ether oxygens (including phenoxy) is 1. The minimum Gasteiger partial charge on any atom is -0.394 e. The van der Waals surface area contributed by atoms with Gasteiger partial charge in [0.25, 0.3) is 0 Å². The van der Waals surface area contributed by atoms with Crippen LogP contribution in [0.4, 0.5) is 0 Å². The molecule has 0 aromatic rings. The van der Waals surface area contributed by atoms with E-state index in [4.69, 9.17) is 4.74 Å². The smallest absolute Gasteiger partial charge is 0.0624 e. The molecule has 1 aliphatic carbocycles. The lowest BCUT2D eigenvalue weighted by molar-refractivity contribution is 0.150. The number of thioether (sulfide) groups is 1. The predicted molar refractivity (Wildman–Crippen MR) is 70.0 cm³/mol. The highest BCUT2D eigenvalue weighted by Crippen LogP contribution is 2.41. The van der Waals surface area contributed by atoms with Crippen molar-refractivity contribution in [1.29, 1.82) is 0 Å². The van der Waals surface area contributed by atoms with E-state index in [0.29, 0.717) is 12.0 Å². The number of aliphatic hydroxyl groups is 1. The van der Waals surface area contributed by atoms with E-state index in [1.807, 2.05) is 11.8 Å². The standard InChI is InChI=1S/C12H25NO2S/c1-10(2)13-12(8-14,11-4-5-11)9-16-7-6-15-3/h10-11,13-14H,4-9H2,1-3H3. The Morgan fingerprint density at radius 2 is 2.19 bits per heavy atom. The van der Waals surface area contributed by atoms with Crippen molar-refractivity contribution in [2.24, 2.45) is 5.92 Å². The SMILES string of the molecule is COCCSCC(CO)(NC(C)C)C1CC1. The van der Waals surface area contributed by atoms with Gasteiger partial charge >= 0.3 is 0 Å². The van der Waals surface area contributed by atoms with Gasteiger partial charge in [-0.2, -0.15) is 11.8 Å². The van der Waals surface area contributed by atoms with Crippen LogP contribution in [-0.2, 0) is 4.74 Å². The molecule has 0 amide bonds. The number of rotatable bonds is 9. The number of hydrogen-bond donors (Lipinski definition) is 2. The number of hydrogen-bond acceptors (Lipinski definition) is 4. The van der Waals surface area contributed by atoms with Crippen LogP contribution < -0.4 is 5.32 Å². The van der Waals surface area contributed by atoms with Crippen molar-refractivity contribution in [1.82, 2.24) is 5.32 Å². The van der Waals surface area contributed by atoms with E-state index in [9.17, 15) is 5.11 Å². The van der Waals surface area contributed by atoms with Crippen LogP contribution in [0.1, 0.15) is 26.7 Å². The fourth-order valence-electron chi connectivity index (χ4n) is 2.11. The Bertz CT molecular complexity index is 197. The molecule has 96 valence electrons. The van der Waals surface area contributed by atoms with E-state index in [2.05, 4.69) is 19.2 Å². The lowest BCUT2D eigenvalue weighted by Crippen LogP contribution is -2.55. The molecule has 2 N–H and O–H groups in total. The number of methoxy groups -OCH3 is 1. The molecule has 1 aliphatic rings. The van der Waals surface area contributed by atoms with Gasteiger partial charge in [-0.05, 0) is 18.8 Å². The third-order valence-corrected chi connectivity index (χ3v) is 4.18. The minimum absolute atomic E-state index is 0.0629. The first-order chi connectivity index (χ1) is 7.64. The molecule has 3 nitrogen and oxygen atoms in total. The second-order valence-electron chi connectivity index (χ2n) is 4.93. The average molecular weight is 247 g/mol. The lowest BCUT2D eigenvalue weighted by atomic mass is 9.95. The monoisotopic (exact) mass is 247 g/mol. The summed E-state index contributed by atoms with van der Waals surface area (Å²) in [5.41, 5.74) is -0.0629. The van der Waals surface area contributed by atoms with Crippen LogP contribution in [0.5, 0.6) is 0 Å². The Labute approximate surface area is 103 Å². The Kier molecular flexibility index (Phi) is 6.11. The zero-order valence-corrected chi connectivity index (χ0v) is 11.5. The summed E-state index contributed by atoms with van der Waals surface area (Å²) in [7, 11) is 1.73. The van der Waals surface area contributed by atoms with Gasteiger partial charge in [0.2, 0.25) is 0 Å². The van der Waals surface area contributed by atoms with Crippen molar-refractivity contribution in [3.8, 4) is 0 Å². The maximum absolute atomic E-state index is 9.69. The highest BCUT2D eigenvalue weighted by atomic mass is 32.2. The van der Waals surface area contributed by atoms with Gasteiger partial charge in [-0.1, -0.05) is 13.8 Å². The second kappa shape index (κ2) is 6.84. The van der Waals surface area contributed by atoms with Gasteiger partial charge in [-0.3, -0.25) is 0 Å². The number of aliphatic hydroxyl groups excluding tert-OH is 1. The summed E-state index contributed by atoms with van der Waals surface area (Å²) in [6.45, 7) is 5.33. The molecule has 0 heterocycles. The average Bonchev–Trinajstić information content (AvgIpc) is 3.06. The molecule has 0 spiro atoms. The summed E-state index contributed by atoms with van der Waals surface area (Å²) < 4.78 is 5.04. The Balaban J connectivity index is 2.41. The van der Waals surface area contributed by atoms with E-state index in [0.717, 1.165) is 18.1 Å². The summed E-state index contributed by atoms with van der Waals surface area (Å²) in [6.07, 6.45) is 2.51. The first-order valence-corrected chi connectivity index (χ1v) is 7.25. The third-order valence-electron chi connectivity index (χ3n) is 3.01. The highest BCUT2D eigenvalue weighted by Gasteiger charge is 2.44. The molecule has 1 saturated carbocycles. The minimum atomic E-state index is -0.0629. The van der Waals surface area contributed by atoms with Crippen LogP contribution >= 0.6 is 11.8 Å². The predicted octanol–water partition coefficient (Wildman–Crippen LogP) is 1.51. The Morgan fingerprint density at radius 3 is 2.62 bits per heavy atom. The van der Waals surface area contributed by atoms with Crippen LogP contribution in [-0.4, -0.2) is 48.5 Å². The third kappa shape index (κ3) is 4.24. The van der Waals surface area contributed by atoms with Gasteiger partial charge < -0.3 is 15.2 Å². The molecular formula is C12H25NO2S. The quantitative estimate of drug-likeness (QED) is 0.606. The van der Waals surface area contributed by atoms with Crippen molar-refractivity contribution in [3.63, 3.8) is 0 Å². The van der Waals surface area contributed by atoms with Crippen molar-refractivity contribution in [3.05, 3.63) is 0 Å². The lowest BCUT2D eigenvalue weighted by Gasteiger charge is -2.35. The summed E-state index contributed by atoms with van der Waals surface area (Å²) >= 11 is 1.87. The molecule has 4 heteroatoms. The van der Waals surface area contributed by atoms with E-state index in [-0.39, 0.29) is 12.1 Å². The highest BCUT2D eigenvalue weighted by molar-refractivity contribution is 7.99. The van der Waals surface area contributed by atoms with E-state index < -0.39 is 0 Å². The van der Waals surface area contributed by atoms with Crippen molar-refractivity contribution in [2.45, 2.75) is 38.3 Å². The molecule has 16 heavy (non-hydrogen) atoms. The number of nitrogens with one attached hydrogen (secondary N) is 1. The molecule has 0 bridgehead atoms. The molecule has 1 fully saturated rings. The van der Waals surface area contributed by atoms with E-state index in [1.54, 1.807) is 7.11 Å². The van der Waals surface area contributed by atoms with Gasteiger partial charge in [-0.15, -0.1) is 0 Å². The molecular weight excluding hydrogens is 222 g/mol. The zero-order chi connectivity index (χ0) is 12.0. The van der Waals surface area contributed by atoms with Gasteiger partial charge in [-0.25, -0.2) is 0 Å². The van der Waals surface area contributed by atoms with Crippen LogP contribution in [0.2, 0.25) is 0 Å². The summed E-state index contributed by atoms with van der Waals surface area (Å²) in [4.78, 5) is 0.